The van der Waals surface area contributed by atoms with Crippen molar-refractivity contribution in [2.24, 2.45) is 0 Å². The van der Waals surface area contributed by atoms with Crippen LogP contribution in [0.5, 0.6) is 0 Å². The summed E-state index contributed by atoms with van der Waals surface area (Å²) >= 11 is 1.20. The Hall–Kier alpha value is -1.21. The maximum absolute atomic E-state index is 13.9. The summed E-state index contributed by atoms with van der Waals surface area (Å²) in [4.78, 5) is 11.6. The first kappa shape index (κ1) is 15.8. The van der Waals surface area contributed by atoms with E-state index in [1.54, 1.807) is 36.6 Å². The van der Waals surface area contributed by atoms with E-state index in [4.69, 9.17) is 0 Å². The molecule has 1 rings (SSSR count). The van der Waals surface area contributed by atoms with Gasteiger partial charge in [-0.1, -0.05) is 39.3 Å². The average Bonchev–Trinajstić information content (AvgIpc) is 2.42. The lowest BCUT2D eigenvalue weighted by Crippen LogP contribution is -2.50. The molecule has 1 atom stereocenters. The number of benzene rings is 1. The SMILES string of the molecule is CSCC[C@@](F)(C(=O)NCc1ccccc1)N(F)F. The largest absolute Gasteiger partial charge is 0.348 e. The average molecular weight is 292 g/mol. The summed E-state index contributed by atoms with van der Waals surface area (Å²) in [5.74, 6) is -4.48. The Morgan fingerprint density at radius 2 is 2.00 bits per heavy atom. The second-order valence-electron chi connectivity index (χ2n) is 3.90. The third kappa shape index (κ3) is 4.43. The number of nitrogens with zero attached hydrogens (tertiary/aromatic N) is 1. The van der Waals surface area contributed by atoms with Crippen molar-refractivity contribution in [3.05, 3.63) is 35.9 Å². The van der Waals surface area contributed by atoms with Gasteiger partial charge in [-0.2, -0.15) is 11.8 Å². The lowest BCUT2D eigenvalue weighted by molar-refractivity contribution is -0.269. The number of amides is 1. The van der Waals surface area contributed by atoms with Crippen LogP contribution in [0.1, 0.15) is 12.0 Å². The Morgan fingerprint density at radius 1 is 1.37 bits per heavy atom. The monoisotopic (exact) mass is 292 g/mol. The lowest BCUT2D eigenvalue weighted by Gasteiger charge is -2.23. The van der Waals surface area contributed by atoms with Crippen molar-refractivity contribution < 1.29 is 18.1 Å². The topological polar surface area (TPSA) is 32.3 Å². The van der Waals surface area contributed by atoms with E-state index < -0.39 is 23.5 Å². The number of hydrogen-bond donors (Lipinski definition) is 1. The van der Waals surface area contributed by atoms with Crippen LogP contribution in [0.4, 0.5) is 13.4 Å². The van der Waals surface area contributed by atoms with Gasteiger partial charge in [0.05, 0.1) is 5.34 Å². The normalized spacial score (nSPS) is 14.2. The molecule has 7 heteroatoms. The summed E-state index contributed by atoms with van der Waals surface area (Å²) in [5, 5.41) is 0.522. The van der Waals surface area contributed by atoms with E-state index in [-0.39, 0.29) is 12.3 Å². The number of rotatable bonds is 7. The minimum Gasteiger partial charge on any atom is -0.348 e. The number of hydrogen-bond acceptors (Lipinski definition) is 3. The van der Waals surface area contributed by atoms with Gasteiger partial charge in [-0.25, -0.2) is 4.39 Å². The summed E-state index contributed by atoms with van der Waals surface area (Å²) in [5.41, 5.74) is 0.715. The molecule has 0 aliphatic rings. The van der Waals surface area contributed by atoms with Gasteiger partial charge in [-0.3, -0.25) is 4.79 Å². The van der Waals surface area contributed by atoms with Crippen molar-refractivity contribution in [1.82, 2.24) is 10.7 Å². The van der Waals surface area contributed by atoms with Gasteiger partial charge in [-0.15, -0.1) is 0 Å². The summed E-state index contributed by atoms with van der Waals surface area (Å²) in [7, 11) is 0. The van der Waals surface area contributed by atoms with Crippen LogP contribution in [-0.2, 0) is 11.3 Å². The van der Waals surface area contributed by atoms with E-state index in [1.165, 1.54) is 11.8 Å². The Balaban J connectivity index is 2.62. The molecule has 19 heavy (non-hydrogen) atoms. The van der Waals surface area contributed by atoms with Crippen molar-refractivity contribution in [1.29, 1.82) is 0 Å². The van der Waals surface area contributed by atoms with Crippen molar-refractivity contribution in [3.8, 4) is 0 Å². The fourth-order valence-electron chi connectivity index (χ4n) is 1.43. The first-order chi connectivity index (χ1) is 9.00. The van der Waals surface area contributed by atoms with Gasteiger partial charge in [0.2, 0.25) is 0 Å². The Kier molecular flexibility index (Phi) is 6.17. The zero-order valence-corrected chi connectivity index (χ0v) is 11.2. The van der Waals surface area contributed by atoms with E-state index in [0.717, 1.165) is 0 Å². The fraction of sp³-hybridized carbons (Fsp3) is 0.417. The summed E-state index contributed by atoms with van der Waals surface area (Å²) < 4.78 is 39.1. The molecule has 0 radical (unpaired) electrons. The van der Waals surface area contributed by atoms with Gasteiger partial charge in [-0.05, 0) is 17.6 Å². The fourth-order valence-corrected chi connectivity index (χ4v) is 1.90. The predicted octanol–water partition coefficient (Wildman–Crippen LogP) is 2.79. The minimum absolute atomic E-state index is 0.0124. The molecule has 106 valence electrons. The van der Waals surface area contributed by atoms with Crippen LogP contribution in [0, 0.1) is 0 Å². The lowest BCUT2D eigenvalue weighted by atomic mass is 10.1. The van der Waals surface area contributed by atoms with Gasteiger partial charge >= 0.3 is 0 Å². The highest BCUT2D eigenvalue weighted by Gasteiger charge is 2.46. The van der Waals surface area contributed by atoms with Gasteiger partial charge in [0.25, 0.3) is 11.7 Å². The highest BCUT2D eigenvalue weighted by Crippen LogP contribution is 2.25. The van der Waals surface area contributed by atoms with Crippen LogP contribution in [0.2, 0.25) is 0 Å². The van der Waals surface area contributed by atoms with Crippen LogP contribution in [-0.4, -0.2) is 29.1 Å². The zero-order chi connectivity index (χ0) is 14.3. The molecule has 0 saturated heterocycles. The number of alkyl halides is 1. The second kappa shape index (κ2) is 7.40. The second-order valence-corrected chi connectivity index (χ2v) is 4.89. The highest BCUT2D eigenvalue weighted by atomic mass is 32.2. The first-order valence-corrected chi connectivity index (χ1v) is 7.02. The predicted molar refractivity (Wildman–Crippen MR) is 69.2 cm³/mol. The van der Waals surface area contributed by atoms with Crippen molar-refractivity contribution in [3.63, 3.8) is 0 Å². The van der Waals surface area contributed by atoms with Crippen molar-refractivity contribution in [2.75, 3.05) is 12.0 Å². The van der Waals surface area contributed by atoms with Crippen LogP contribution in [0.15, 0.2) is 30.3 Å². The molecule has 0 aliphatic carbocycles. The van der Waals surface area contributed by atoms with E-state index >= 15 is 0 Å². The molecule has 0 spiro atoms. The van der Waals surface area contributed by atoms with Crippen LogP contribution < -0.4 is 5.32 Å². The molecule has 1 amide bonds. The van der Waals surface area contributed by atoms with Gasteiger partial charge in [0, 0.05) is 13.0 Å². The quantitative estimate of drug-likeness (QED) is 0.619. The summed E-state index contributed by atoms with van der Waals surface area (Å²) in [6, 6.07) is 8.70. The summed E-state index contributed by atoms with van der Waals surface area (Å²) in [6.07, 6.45) is 1.09. The van der Waals surface area contributed by atoms with Gasteiger partial charge in [0.15, 0.2) is 0 Å². The highest BCUT2D eigenvalue weighted by molar-refractivity contribution is 7.98. The Bertz CT molecular complexity index is 405. The molecular weight excluding hydrogens is 277 g/mol. The maximum atomic E-state index is 13.9. The molecule has 1 aromatic carbocycles. The third-order valence-corrected chi connectivity index (χ3v) is 3.16. The standard InChI is InChI=1S/C12H15F3N2OS/c1-19-8-7-12(13,17(14)15)11(18)16-9-10-5-3-2-4-6-10/h2-6H,7-9H2,1H3,(H,16,18)/t12-/m0/s1. The molecule has 0 aromatic heterocycles. The Labute approximate surface area is 114 Å². The van der Waals surface area contributed by atoms with Gasteiger partial charge < -0.3 is 5.32 Å². The first-order valence-electron chi connectivity index (χ1n) is 5.62. The third-order valence-electron chi connectivity index (χ3n) is 2.55. The maximum Gasteiger partial charge on any atom is 0.299 e. The van der Waals surface area contributed by atoms with E-state index in [9.17, 15) is 18.1 Å². The molecule has 3 nitrogen and oxygen atoms in total. The van der Waals surface area contributed by atoms with Crippen LogP contribution >= 0.6 is 11.8 Å². The summed E-state index contributed by atoms with van der Waals surface area (Å²) in [6.45, 7) is 0.0124. The number of carbonyl (C=O) groups is 1. The van der Waals surface area contributed by atoms with Crippen LogP contribution in [0.25, 0.3) is 0 Å². The number of thioether (sulfide) groups is 1. The molecule has 0 fully saturated rings. The van der Waals surface area contributed by atoms with Crippen molar-refractivity contribution in [2.45, 2.75) is 18.8 Å². The molecule has 0 heterocycles. The van der Waals surface area contributed by atoms with E-state index in [2.05, 4.69) is 5.32 Å². The zero-order valence-electron chi connectivity index (χ0n) is 10.4. The van der Waals surface area contributed by atoms with E-state index in [0.29, 0.717) is 5.56 Å². The van der Waals surface area contributed by atoms with Crippen molar-refractivity contribution >= 4 is 17.7 Å². The van der Waals surface area contributed by atoms with Gasteiger partial charge in [0.1, 0.15) is 0 Å². The number of carbonyl (C=O) groups excluding carboxylic acids is 1. The molecule has 0 bridgehead atoms. The molecule has 0 unspecified atom stereocenters. The van der Waals surface area contributed by atoms with Crippen LogP contribution in [0.3, 0.4) is 0 Å². The number of halogens is 3. The smallest absolute Gasteiger partial charge is 0.299 e. The molecular formula is C12H15F3N2OS. The molecule has 1 N–H and O–H groups in total. The molecule has 0 saturated carbocycles. The molecule has 1 aromatic rings. The minimum atomic E-state index is -3.28. The molecule has 0 aliphatic heterocycles. The van der Waals surface area contributed by atoms with E-state index in [1.807, 2.05) is 0 Å². The number of nitrogens with one attached hydrogen (secondary N) is 1. The Morgan fingerprint density at radius 3 is 2.53 bits per heavy atom.